The maximum Gasteiger partial charge on any atom is 0.339 e. The molecule has 0 spiro atoms. The van der Waals surface area contributed by atoms with Gasteiger partial charge in [0, 0.05) is 0 Å². The van der Waals surface area contributed by atoms with Crippen LogP contribution in [-0.4, -0.2) is 18.2 Å². The minimum absolute atomic E-state index is 0.132. The molecule has 0 saturated carbocycles. The Kier molecular flexibility index (Phi) is 4.14. The molecule has 2 rings (SSSR count). The molecule has 0 aliphatic rings. The van der Waals surface area contributed by atoms with Gasteiger partial charge in [-0.3, -0.25) is 0 Å². The Morgan fingerprint density at radius 1 is 1.52 bits per heavy atom. The lowest BCUT2D eigenvalue weighted by atomic mass is 10.1. The van der Waals surface area contributed by atoms with Gasteiger partial charge in [0.1, 0.15) is 28.9 Å². The average molecular weight is 286 g/mol. The molecule has 0 atom stereocenters. The van der Waals surface area contributed by atoms with Crippen LogP contribution in [0.2, 0.25) is 0 Å². The first kappa shape index (κ1) is 14.5. The average Bonchev–Trinajstić information content (AvgIpc) is 2.85. The number of nitrogens with one attached hydrogen (secondary N) is 1. The second-order valence-corrected chi connectivity index (χ2v) is 4.34. The molecule has 21 heavy (non-hydrogen) atoms. The summed E-state index contributed by atoms with van der Waals surface area (Å²) >= 11 is 0. The molecule has 0 aliphatic carbocycles. The largest absolute Gasteiger partial charge is 0.495 e. The summed E-state index contributed by atoms with van der Waals surface area (Å²) in [6, 6.07) is 8.67. The molecule has 0 aliphatic heterocycles. The molecule has 0 amide bonds. The summed E-state index contributed by atoms with van der Waals surface area (Å²) < 4.78 is 10.6. The van der Waals surface area contributed by atoms with Crippen molar-refractivity contribution in [1.29, 1.82) is 5.26 Å². The number of para-hydroxylation sites is 1. The van der Waals surface area contributed by atoms with Gasteiger partial charge < -0.3 is 19.6 Å². The summed E-state index contributed by atoms with van der Waals surface area (Å²) in [5, 5.41) is 21.1. The van der Waals surface area contributed by atoms with E-state index >= 15 is 0 Å². The second-order valence-electron chi connectivity index (χ2n) is 4.34. The molecule has 2 aromatic rings. The lowest BCUT2D eigenvalue weighted by Gasteiger charge is -2.11. The Balaban J connectivity index is 2.23. The van der Waals surface area contributed by atoms with Crippen LogP contribution in [0.1, 0.15) is 27.4 Å². The number of nitriles is 1. The summed E-state index contributed by atoms with van der Waals surface area (Å²) in [6.45, 7) is 1.85. The smallest absolute Gasteiger partial charge is 0.339 e. The number of hydrogen-bond donors (Lipinski definition) is 2. The standard InChI is InChI=1S/C15H14N2O4/c1-9-12(15(18)19)6-11(21-9)8-17-14-10(7-16)4-3-5-13(14)20-2/h3-6,17H,8H2,1-2H3,(H,18,19). The first-order chi connectivity index (χ1) is 10.1. The van der Waals surface area contributed by atoms with Crippen molar-refractivity contribution in [2.75, 3.05) is 12.4 Å². The van der Waals surface area contributed by atoms with E-state index in [0.717, 1.165) is 0 Å². The van der Waals surface area contributed by atoms with Crippen molar-refractivity contribution in [3.8, 4) is 11.8 Å². The quantitative estimate of drug-likeness (QED) is 0.877. The molecule has 1 heterocycles. The Hall–Kier alpha value is -2.94. The zero-order valence-electron chi connectivity index (χ0n) is 11.6. The molecule has 0 saturated heterocycles. The van der Waals surface area contributed by atoms with Gasteiger partial charge in [0.15, 0.2) is 0 Å². The van der Waals surface area contributed by atoms with E-state index < -0.39 is 5.97 Å². The number of methoxy groups -OCH3 is 1. The maximum absolute atomic E-state index is 11.0. The molecule has 2 N–H and O–H groups in total. The van der Waals surface area contributed by atoms with Crippen LogP contribution >= 0.6 is 0 Å². The van der Waals surface area contributed by atoms with Crippen molar-refractivity contribution in [1.82, 2.24) is 0 Å². The fraction of sp³-hybridized carbons (Fsp3) is 0.200. The highest BCUT2D eigenvalue weighted by atomic mass is 16.5. The topological polar surface area (TPSA) is 95.5 Å². The Bertz CT molecular complexity index is 713. The predicted octanol–water partition coefficient (Wildman–Crippen LogP) is 2.78. The van der Waals surface area contributed by atoms with E-state index in [4.69, 9.17) is 19.5 Å². The molecule has 1 aromatic heterocycles. The minimum atomic E-state index is -1.03. The Labute approximate surface area is 121 Å². The van der Waals surface area contributed by atoms with Crippen molar-refractivity contribution in [3.05, 3.63) is 46.9 Å². The van der Waals surface area contributed by atoms with E-state index in [0.29, 0.717) is 28.5 Å². The van der Waals surface area contributed by atoms with E-state index in [1.807, 2.05) is 0 Å². The molecule has 6 nitrogen and oxygen atoms in total. The van der Waals surface area contributed by atoms with Crippen LogP contribution in [0.3, 0.4) is 0 Å². The number of ether oxygens (including phenoxy) is 1. The third-order valence-electron chi connectivity index (χ3n) is 3.01. The molecular formula is C15H14N2O4. The van der Waals surface area contributed by atoms with Crippen LogP contribution in [0.15, 0.2) is 28.7 Å². The fourth-order valence-electron chi connectivity index (χ4n) is 2.00. The number of nitrogens with zero attached hydrogens (tertiary/aromatic N) is 1. The summed E-state index contributed by atoms with van der Waals surface area (Å²) in [6.07, 6.45) is 0. The fourth-order valence-corrected chi connectivity index (χ4v) is 2.00. The first-order valence-electron chi connectivity index (χ1n) is 6.20. The number of carboxylic acid groups (broad SMARTS) is 1. The van der Waals surface area contributed by atoms with Gasteiger partial charge >= 0.3 is 5.97 Å². The zero-order valence-corrected chi connectivity index (χ0v) is 11.6. The van der Waals surface area contributed by atoms with Gasteiger partial charge in [-0.2, -0.15) is 5.26 Å². The summed E-state index contributed by atoms with van der Waals surface area (Å²) in [5.41, 5.74) is 1.12. The summed E-state index contributed by atoms with van der Waals surface area (Å²) in [4.78, 5) is 11.0. The van der Waals surface area contributed by atoms with Crippen LogP contribution in [0.5, 0.6) is 5.75 Å². The number of anilines is 1. The van der Waals surface area contributed by atoms with Gasteiger partial charge in [-0.15, -0.1) is 0 Å². The molecule has 0 radical (unpaired) electrons. The van der Waals surface area contributed by atoms with Crippen molar-refractivity contribution < 1.29 is 19.1 Å². The Morgan fingerprint density at radius 3 is 2.86 bits per heavy atom. The molecule has 0 unspecified atom stereocenters. The first-order valence-corrected chi connectivity index (χ1v) is 6.20. The van der Waals surface area contributed by atoms with Gasteiger partial charge in [-0.05, 0) is 25.1 Å². The molecule has 108 valence electrons. The van der Waals surface area contributed by atoms with E-state index in [9.17, 15) is 4.79 Å². The highest BCUT2D eigenvalue weighted by Crippen LogP contribution is 2.28. The van der Waals surface area contributed by atoms with Crippen LogP contribution in [0.25, 0.3) is 0 Å². The van der Waals surface area contributed by atoms with Crippen molar-refractivity contribution in [2.24, 2.45) is 0 Å². The lowest BCUT2D eigenvalue weighted by Crippen LogP contribution is -2.03. The lowest BCUT2D eigenvalue weighted by molar-refractivity contribution is 0.0695. The number of furan rings is 1. The van der Waals surface area contributed by atoms with Gasteiger partial charge in [0.25, 0.3) is 0 Å². The number of carboxylic acids is 1. The third kappa shape index (κ3) is 2.98. The Morgan fingerprint density at radius 2 is 2.29 bits per heavy atom. The van der Waals surface area contributed by atoms with Gasteiger partial charge in [-0.25, -0.2) is 4.79 Å². The zero-order chi connectivity index (χ0) is 15.4. The SMILES string of the molecule is COc1cccc(C#N)c1NCc1cc(C(=O)O)c(C)o1. The third-order valence-corrected chi connectivity index (χ3v) is 3.01. The molecular weight excluding hydrogens is 272 g/mol. The van der Waals surface area contributed by atoms with Crippen molar-refractivity contribution in [3.63, 3.8) is 0 Å². The number of rotatable bonds is 5. The maximum atomic E-state index is 11.0. The molecule has 6 heteroatoms. The normalized spacial score (nSPS) is 9.95. The van der Waals surface area contributed by atoms with Crippen LogP contribution in [0.4, 0.5) is 5.69 Å². The van der Waals surface area contributed by atoms with E-state index in [-0.39, 0.29) is 12.1 Å². The number of hydrogen-bond acceptors (Lipinski definition) is 5. The number of aromatic carboxylic acids is 1. The minimum Gasteiger partial charge on any atom is -0.495 e. The second kappa shape index (κ2) is 6.01. The van der Waals surface area contributed by atoms with Crippen molar-refractivity contribution >= 4 is 11.7 Å². The summed E-state index contributed by atoms with van der Waals surface area (Å²) in [7, 11) is 1.52. The van der Waals surface area contributed by atoms with E-state index in [2.05, 4.69) is 11.4 Å². The summed E-state index contributed by atoms with van der Waals surface area (Å²) in [5.74, 6) is 0.327. The number of carbonyl (C=O) groups is 1. The molecule has 0 fully saturated rings. The molecule has 1 aromatic carbocycles. The van der Waals surface area contributed by atoms with Gasteiger partial charge in [0.05, 0.1) is 24.9 Å². The number of benzene rings is 1. The van der Waals surface area contributed by atoms with Gasteiger partial charge in [0.2, 0.25) is 0 Å². The predicted molar refractivity (Wildman–Crippen MR) is 75.4 cm³/mol. The van der Waals surface area contributed by atoms with Crippen LogP contribution in [-0.2, 0) is 6.54 Å². The molecule has 0 bridgehead atoms. The highest BCUT2D eigenvalue weighted by Gasteiger charge is 2.14. The van der Waals surface area contributed by atoms with Crippen LogP contribution < -0.4 is 10.1 Å². The van der Waals surface area contributed by atoms with E-state index in [1.54, 1.807) is 25.1 Å². The van der Waals surface area contributed by atoms with Crippen molar-refractivity contribution in [2.45, 2.75) is 13.5 Å². The highest BCUT2D eigenvalue weighted by molar-refractivity contribution is 5.88. The monoisotopic (exact) mass is 286 g/mol. The van der Waals surface area contributed by atoms with Gasteiger partial charge in [-0.1, -0.05) is 6.07 Å². The van der Waals surface area contributed by atoms with Crippen LogP contribution in [0, 0.1) is 18.3 Å². The van der Waals surface area contributed by atoms with E-state index in [1.165, 1.54) is 13.2 Å². The number of aryl methyl sites for hydroxylation is 1.